The van der Waals surface area contributed by atoms with Crippen LogP contribution in [0.2, 0.25) is 0 Å². The van der Waals surface area contributed by atoms with E-state index in [0.29, 0.717) is 32.1 Å². The Labute approximate surface area is 166 Å². The molecule has 1 heterocycles. The second kappa shape index (κ2) is 11.0. The number of nitrogens with one attached hydrogen (secondary N) is 3. The summed E-state index contributed by atoms with van der Waals surface area (Å²) in [5.74, 6) is 2.10. The van der Waals surface area contributed by atoms with Crippen molar-refractivity contribution in [1.82, 2.24) is 10.6 Å². The lowest BCUT2D eigenvalue weighted by atomic mass is 10.2. The summed E-state index contributed by atoms with van der Waals surface area (Å²) in [6.45, 7) is 5.70. The highest BCUT2D eigenvalue weighted by Crippen LogP contribution is 2.32. The minimum Gasteiger partial charge on any atom is -0.490 e. The predicted octanol–water partition coefficient (Wildman–Crippen LogP) is 2.37. The third-order valence-electron chi connectivity index (χ3n) is 3.33. The van der Waals surface area contributed by atoms with Crippen LogP contribution in [0.25, 0.3) is 0 Å². The first-order chi connectivity index (χ1) is 11.6. The van der Waals surface area contributed by atoms with Crippen molar-refractivity contribution in [1.29, 1.82) is 0 Å². The molecule has 1 amide bonds. The molecule has 0 radical (unpaired) electrons. The molecule has 0 aliphatic carbocycles. The number of benzene rings is 1. The summed E-state index contributed by atoms with van der Waals surface area (Å²) in [6, 6.07) is 5.83. The molecule has 0 atom stereocenters. The number of amides is 1. The molecule has 1 aromatic rings. The van der Waals surface area contributed by atoms with Gasteiger partial charge in [-0.25, -0.2) is 0 Å². The van der Waals surface area contributed by atoms with Gasteiger partial charge in [0.05, 0.1) is 13.2 Å². The van der Waals surface area contributed by atoms with Crippen LogP contribution in [0.4, 0.5) is 5.69 Å². The first-order valence-corrected chi connectivity index (χ1v) is 8.25. The van der Waals surface area contributed by atoms with Gasteiger partial charge in [-0.15, -0.1) is 24.0 Å². The van der Waals surface area contributed by atoms with Gasteiger partial charge < -0.3 is 25.4 Å². The fourth-order valence-corrected chi connectivity index (χ4v) is 2.25. The van der Waals surface area contributed by atoms with Crippen LogP contribution in [0.5, 0.6) is 11.5 Å². The lowest BCUT2D eigenvalue weighted by Gasteiger charge is -2.14. The van der Waals surface area contributed by atoms with Crippen LogP contribution in [-0.4, -0.2) is 44.7 Å². The van der Waals surface area contributed by atoms with Gasteiger partial charge in [-0.2, -0.15) is 0 Å². The SMILES string of the molecule is CN=C(NCCC(=O)NC(C)C)Nc1ccc2c(c1)OCCCO2.I. The van der Waals surface area contributed by atoms with Crippen LogP contribution in [0.1, 0.15) is 26.7 Å². The van der Waals surface area contributed by atoms with E-state index in [0.717, 1.165) is 23.6 Å². The van der Waals surface area contributed by atoms with Crippen LogP contribution in [0.15, 0.2) is 23.2 Å². The molecule has 1 aliphatic rings. The molecule has 3 N–H and O–H groups in total. The number of ether oxygens (including phenoxy) is 2. The topological polar surface area (TPSA) is 84.0 Å². The van der Waals surface area contributed by atoms with Crippen LogP contribution < -0.4 is 25.4 Å². The molecule has 0 aromatic heterocycles. The van der Waals surface area contributed by atoms with Gasteiger partial charge in [0.1, 0.15) is 0 Å². The predicted molar refractivity (Wildman–Crippen MR) is 110 cm³/mol. The summed E-state index contributed by atoms with van der Waals surface area (Å²) in [5.41, 5.74) is 0.846. The van der Waals surface area contributed by atoms with Crippen molar-refractivity contribution in [2.24, 2.45) is 4.99 Å². The van der Waals surface area contributed by atoms with Gasteiger partial charge >= 0.3 is 0 Å². The average Bonchev–Trinajstić information content (AvgIpc) is 2.78. The third-order valence-corrected chi connectivity index (χ3v) is 3.33. The van der Waals surface area contributed by atoms with Crippen molar-refractivity contribution in [3.05, 3.63) is 18.2 Å². The Balaban J connectivity index is 0.00000312. The van der Waals surface area contributed by atoms with Crippen molar-refractivity contribution in [2.75, 3.05) is 32.1 Å². The van der Waals surface area contributed by atoms with Crippen molar-refractivity contribution >= 4 is 41.5 Å². The van der Waals surface area contributed by atoms with Crippen LogP contribution in [-0.2, 0) is 4.79 Å². The Hall–Kier alpha value is -1.71. The van der Waals surface area contributed by atoms with E-state index in [2.05, 4.69) is 20.9 Å². The van der Waals surface area contributed by atoms with Crippen molar-refractivity contribution in [3.63, 3.8) is 0 Å². The zero-order chi connectivity index (χ0) is 17.4. The quantitative estimate of drug-likeness (QED) is 0.356. The number of hydrogen-bond acceptors (Lipinski definition) is 4. The fraction of sp³-hybridized carbons (Fsp3) is 0.529. The lowest BCUT2D eigenvalue weighted by Crippen LogP contribution is -2.36. The summed E-state index contributed by atoms with van der Waals surface area (Å²) in [7, 11) is 1.69. The van der Waals surface area contributed by atoms with Gasteiger partial charge in [0, 0.05) is 44.2 Å². The summed E-state index contributed by atoms with van der Waals surface area (Å²) in [4.78, 5) is 15.8. The zero-order valence-corrected chi connectivity index (χ0v) is 17.3. The summed E-state index contributed by atoms with van der Waals surface area (Å²) >= 11 is 0. The molecule has 0 saturated heterocycles. The van der Waals surface area contributed by atoms with Crippen molar-refractivity contribution < 1.29 is 14.3 Å². The summed E-state index contributed by atoms with van der Waals surface area (Å²) in [6.07, 6.45) is 1.26. The highest BCUT2D eigenvalue weighted by atomic mass is 127. The molecule has 0 saturated carbocycles. The van der Waals surface area contributed by atoms with E-state index in [1.807, 2.05) is 32.0 Å². The smallest absolute Gasteiger partial charge is 0.221 e. The van der Waals surface area contributed by atoms with E-state index in [4.69, 9.17) is 9.47 Å². The average molecular weight is 462 g/mol. The van der Waals surface area contributed by atoms with Gasteiger partial charge in [0.15, 0.2) is 17.5 Å². The Morgan fingerprint density at radius 3 is 2.64 bits per heavy atom. The Kier molecular flexibility index (Phi) is 9.40. The molecule has 0 bridgehead atoms. The van der Waals surface area contributed by atoms with E-state index >= 15 is 0 Å². The number of halogens is 1. The molecular weight excluding hydrogens is 435 g/mol. The van der Waals surface area contributed by atoms with Crippen molar-refractivity contribution in [3.8, 4) is 11.5 Å². The van der Waals surface area contributed by atoms with Crippen molar-refractivity contribution in [2.45, 2.75) is 32.7 Å². The number of hydrogen-bond donors (Lipinski definition) is 3. The van der Waals surface area contributed by atoms with E-state index in [-0.39, 0.29) is 35.9 Å². The monoisotopic (exact) mass is 462 g/mol. The molecule has 0 fully saturated rings. The zero-order valence-electron chi connectivity index (χ0n) is 14.9. The Morgan fingerprint density at radius 2 is 1.96 bits per heavy atom. The van der Waals surface area contributed by atoms with Gasteiger partial charge in [-0.3, -0.25) is 9.79 Å². The number of aliphatic imine (C=N–C) groups is 1. The molecule has 8 heteroatoms. The van der Waals surface area contributed by atoms with E-state index in [9.17, 15) is 4.79 Å². The maximum atomic E-state index is 11.6. The first-order valence-electron chi connectivity index (χ1n) is 8.25. The van der Waals surface area contributed by atoms with Crippen LogP contribution in [0.3, 0.4) is 0 Å². The Morgan fingerprint density at radius 1 is 1.24 bits per heavy atom. The standard InChI is InChI=1S/C17H26N4O3.HI/c1-12(2)20-16(22)7-8-19-17(18-3)21-13-5-6-14-15(11-13)24-10-4-9-23-14;/h5-6,11-12H,4,7-10H2,1-3H3,(H,20,22)(H2,18,19,21);1H. The minimum atomic E-state index is 0. The molecule has 1 aromatic carbocycles. The molecular formula is C17H27IN4O3. The highest BCUT2D eigenvalue weighted by molar-refractivity contribution is 14.0. The van der Waals surface area contributed by atoms with Gasteiger partial charge in [-0.1, -0.05) is 0 Å². The molecule has 0 spiro atoms. The largest absolute Gasteiger partial charge is 0.490 e. The highest BCUT2D eigenvalue weighted by Gasteiger charge is 2.11. The lowest BCUT2D eigenvalue weighted by molar-refractivity contribution is -0.121. The number of rotatable bonds is 5. The van der Waals surface area contributed by atoms with E-state index < -0.39 is 0 Å². The summed E-state index contributed by atoms with van der Waals surface area (Å²) < 4.78 is 11.3. The number of guanidine groups is 1. The van der Waals surface area contributed by atoms with Crippen LogP contribution in [0, 0.1) is 0 Å². The second-order valence-corrected chi connectivity index (χ2v) is 5.81. The number of fused-ring (bicyclic) bond motifs is 1. The maximum absolute atomic E-state index is 11.6. The molecule has 1 aliphatic heterocycles. The molecule has 2 rings (SSSR count). The molecule has 7 nitrogen and oxygen atoms in total. The van der Waals surface area contributed by atoms with Gasteiger partial charge in [0.2, 0.25) is 5.91 Å². The van der Waals surface area contributed by atoms with Gasteiger partial charge in [-0.05, 0) is 26.0 Å². The number of carbonyl (C=O) groups excluding carboxylic acids is 1. The van der Waals surface area contributed by atoms with Gasteiger partial charge in [0.25, 0.3) is 0 Å². The Bertz CT molecular complexity index is 593. The molecule has 0 unspecified atom stereocenters. The number of anilines is 1. The van der Waals surface area contributed by atoms with E-state index in [1.54, 1.807) is 7.05 Å². The van der Waals surface area contributed by atoms with Crippen LogP contribution >= 0.6 is 24.0 Å². The second-order valence-electron chi connectivity index (χ2n) is 5.81. The number of carbonyl (C=O) groups is 1. The maximum Gasteiger partial charge on any atom is 0.221 e. The summed E-state index contributed by atoms with van der Waals surface area (Å²) in [5, 5.41) is 9.16. The molecule has 140 valence electrons. The first kappa shape index (κ1) is 21.3. The minimum absolute atomic E-state index is 0. The van der Waals surface area contributed by atoms with E-state index in [1.165, 1.54) is 0 Å². The molecule has 25 heavy (non-hydrogen) atoms. The fourth-order valence-electron chi connectivity index (χ4n) is 2.25. The normalized spacial score (nSPS) is 13.5. The third kappa shape index (κ3) is 7.37. The number of nitrogens with zero attached hydrogens (tertiary/aromatic N) is 1.